The highest BCUT2D eigenvalue weighted by molar-refractivity contribution is 9.10. The standard InChI is InChI=1S/C64H39Br/c65-62-39-61(54-21-9-18-48(37-54)51-27-24-42-12-3-6-15-45(42)34-51)57-29-28-55-59(52-19-7-16-46(35-52)49-25-22-40-10-1-4-13-43(40)32-49)38-60(56-30-31-58(62)64(57)63(55)56)53-20-8-17-47(36-53)50-26-23-41-11-2-5-14-44(41)33-50/h1-39H. The van der Waals surface area contributed by atoms with Crippen LogP contribution in [-0.4, -0.2) is 0 Å². The van der Waals surface area contributed by atoms with Gasteiger partial charge in [-0.2, -0.15) is 0 Å². The van der Waals surface area contributed by atoms with Crippen LogP contribution in [0.3, 0.4) is 0 Å². The maximum absolute atomic E-state index is 4.11. The van der Waals surface area contributed by atoms with Crippen LogP contribution in [0.4, 0.5) is 0 Å². The first-order valence-electron chi connectivity index (χ1n) is 22.3. The largest absolute Gasteiger partial charge is 0.0616 e. The summed E-state index contributed by atoms with van der Waals surface area (Å²) in [6, 6.07) is 87.7. The van der Waals surface area contributed by atoms with Crippen molar-refractivity contribution in [3.63, 3.8) is 0 Å². The van der Waals surface area contributed by atoms with Crippen LogP contribution in [0.25, 0.3) is 131 Å². The molecule has 13 rings (SSSR count). The van der Waals surface area contributed by atoms with Gasteiger partial charge in [-0.3, -0.25) is 0 Å². The molecule has 0 aliphatic rings. The number of fused-ring (bicyclic) bond motifs is 3. The van der Waals surface area contributed by atoms with E-state index in [0.717, 1.165) is 4.47 Å². The fraction of sp³-hybridized carbons (Fsp3) is 0. The van der Waals surface area contributed by atoms with Crippen LogP contribution in [0.2, 0.25) is 0 Å². The highest BCUT2D eigenvalue weighted by atomic mass is 79.9. The van der Waals surface area contributed by atoms with Gasteiger partial charge in [-0.15, -0.1) is 0 Å². The van der Waals surface area contributed by atoms with Crippen LogP contribution in [-0.2, 0) is 0 Å². The highest BCUT2D eigenvalue weighted by Crippen LogP contribution is 2.48. The maximum atomic E-state index is 4.11. The monoisotopic (exact) mass is 886 g/mol. The molecule has 0 heterocycles. The van der Waals surface area contributed by atoms with Gasteiger partial charge in [0.15, 0.2) is 0 Å². The summed E-state index contributed by atoms with van der Waals surface area (Å²) >= 11 is 4.11. The summed E-state index contributed by atoms with van der Waals surface area (Å²) in [4.78, 5) is 0. The molecule has 0 N–H and O–H groups in total. The van der Waals surface area contributed by atoms with Gasteiger partial charge in [0.05, 0.1) is 0 Å². The van der Waals surface area contributed by atoms with Crippen molar-refractivity contribution in [3.8, 4) is 66.8 Å². The van der Waals surface area contributed by atoms with E-state index in [1.165, 1.54) is 131 Å². The molecular weight excluding hydrogens is 849 g/mol. The van der Waals surface area contributed by atoms with Crippen molar-refractivity contribution in [2.24, 2.45) is 0 Å². The molecule has 0 saturated heterocycles. The molecule has 0 spiro atoms. The molecule has 13 aromatic rings. The average molecular weight is 888 g/mol. The third-order valence-electron chi connectivity index (χ3n) is 13.6. The van der Waals surface area contributed by atoms with Gasteiger partial charge in [0.25, 0.3) is 0 Å². The summed E-state index contributed by atoms with van der Waals surface area (Å²) in [6.45, 7) is 0. The van der Waals surface area contributed by atoms with Crippen molar-refractivity contribution < 1.29 is 0 Å². The molecule has 0 bridgehead atoms. The highest BCUT2D eigenvalue weighted by Gasteiger charge is 2.21. The third-order valence-corrected chi connectivity index (χ3v) is 14.3. The zero-order valence-corrected chi connectivity index (χ0v) is 37.0. The Kier molecular flexibility index (Phi) is 8.79. The molecule has 0 saturated carbocycles. The van der Waals surface area contributed by atoms with Gasteiger partial charge in [0.1, 0.15) is 0 Å². The van der Waals surface area contributed by atoms with E-state index < -0.39 is 0 Å². The van der Waals surface area contributed by atoms with Gasteiger partial charge in [-0.25, -0.2) is 0 Å². The molecule has 0 amide bonds. The van der Waals surface area contributed by atoms with Gasteiger partial charge in [-0.05, 0) is 180 Å². The van der Waals surface area contributed by atoms with Crippen molar-refractivity contribution in [1.29, 1.82) is 0 Å². The van der Waals surface area contributed by atoms with Gasteiger partial charge < -0.3 is 0 Å². The molecule has 0 atom stereocenters. The Morgan fingerprint density at radius 2 is 0.508 bits per heavy atom. The second-order valence-corrected chi connectivity index (χ2v) is 18.2. The van der Waals surface area contributed by atoms with E-state index in [-0.39, 0.29) is 0 Å². The van der Waals surface area contributed by atoms with Crippen molar-refractivity contribution in [2.75, 3.05) is 0 Å². The first-order chi connectivity index (χ1) is 32.1. The Morgan fingerprint density at radius 3 is 0.908 bits per heavy atom. The van der Waals surface area contributed by atoms with E-state index in [4.69, 9.17) is 0 Å². The zero-order chi connectivity index (χ0) is 43.0. The van der Waals surface area contributed by atoms with Crippen molar-refractivity contribution in [2.45, 2.75) is 0 Å². The Morgan fingerprint density at radius 1 is 0.200 bits per heavy atom. The summed E-state index contributed by atoms with van der Waals surface area (Å²) in [5, 5.41) is 15.0. The van der Waals surface area contributed by atoms with Gasteiger partial charge >= 0.3 is 0 Å². The predicted molar refractivity (Wildman–Crippen MR) is 283 cm³/mol. The van der Waals surface area contributed by atoms with E-state index in [2.05, 4.69) is 253 Å². The molecule has 0 aromatic heterocycles. The Labute approximate surface area is 386 Å². The molecule has 0 unspecified atom stereocenters. The molecule has 13 aromatic carbocycles. The van der Waals surface area contributed by atoms with Crippen molar-refractivity contribution in [1.82, 2.24) is 0 Å². The fourth-order valence-corrected chi connectivity index (χ4v) is 10.9. The number of benzene rings is 13. The molecule has 0 nitrogen and oxygen atoms in total. The lowest BCUT2D eigenvalue weighted by Gasteiger charge is -2.21. The van der Waals surface area contributed by atoms with Gasteiger partial charge in [-0.1, -0.05) is 204 Å². The van der Waals surface area contributed by atoms with Gasteiger partial charge in [0.2, 0.25) is 0 Å². The van der Waals surface area contributed by atoms with Crippen LogP contribution in [0.5, 0.6) is 0 Å². The molecular formula is C64H39Br. The summed E-state index contributed by atoms with van der Waals surface area (Å²) < 4.78 is 1.09. The molecule has 0 radical (unpaired) electrons. The fourth-order valence-electron chi connectivity index (χ4n) is 10.4. The van der Waals surface area contributed by atoms with Crippen LogP contribution >= 0.6 is 15.9 Å². The maximum Gasteiger partial charge on any atom is 0.0260 e. The van der Waals surface area contributed by atoms with Crippen LogP contribution < -0.4 is 0 Å². The molecule has 1 heteroatoms. The predicted octanol–water partition coefficient (Wildman–Crippen LogP) is 18.8. The zero-order valence-electron chi connectivity index (χ0n) is 35.4. The smallest absolute Gasteiger partial charge is 0.0260 e. The number of hydrogen-bond acceptors (Lipinski definition) is 0. The quantitative estimate of drug-likeness (QED) is 0.146. The minimum absolute atomic E-state index is 1.09. The molecule has 302 valence electrons. The van der Waals surface area contributed by atoms with E-state index >= 15 is 0 Å². The Bertz CT molecular complexity index is 3880. The van der Waals surface area contributed by atoms with Crippen LogP contribution in [0.15, 0.2) is 241 Å². The summed E-state index contributed by atoms with van der Waals surface area (Å²) in [7, 11) is 0. The number of rotatable bonds is 6. The minimum Gasteiger partial charge on any atom is -0.0616 e. The summed E-state index contributed by atoms with van der Waals surface area (Å²) in [5.41, 5.74) is 14.5. The summed E-state index contributed by atoms with van der Waals surface area (Å²) in [5.74, 6) is 0. The Hall–Kier alpha value is -7.84. The summed E-state index contributed by atoms with van der Waals surface area (Å²) in [6.07, 6.45) is 0. The third kappa shape index (κ3) is 6.42. The second kappa shape index (κ2) is 15.2. The molecule has 0 aliphatic carbocycles. The molecule has 0 aliphatic heterocycles. The van der Waals surface area contributed by atoms with E-state index in [1.807, 2.05) is 0 Å². The average Bonchev–Trinajstić information content (AvgIpc) is 3.37. The first-order valence-corrected chi connectivity index (χ1v) is 23.1. The normalized spacial score (nSPS) is 11.8. The topological polar surface area (TPSA) is 0 Å². The number of halogens is 1. The Balaban J connectivity index is 1.04. The van der Waals surface area contributed by atoms with Crippen molar-refractivity contribution >= 4 is 80.6 Å². The molecule has 65 heavy (non-hydrogen) atoms. The first kappa shape index (κ1) is 37.7. The number of hydrogen-bond donors (Lipinski definition) is 0. The minimum atomic E-state index is 1.09. The van der Waals surface area contributed by atoms with Crippen LogP contribution in [0.1, 0.15) is 0 Å². The lowest BCUT2D eigenvalue weighted by Crippen LogP contribution is -1.94. The van der Waals surface area contributed by atoms with Crippen molar-refractivity contribution in [3.05, 3.63) is 241 Å². The van der Waals surface area contributed by atoms with E-state index in [1.54, 1.807) is 0 Å². The van der Waals surface area contributed by atoms with E-state index in [9.17, 15) is 0 Å². The molecule has 0 fully saturated rings. The lowest BCUT2D eigenvalue weighted by molar-refractivity contribution is 1.60. The lowest BCUT2D eigenvalue weighted by atomic mass is 9.83. The SMILES string of the molecule is Brc1cc(-c2cccc(-c3ccc4ccccc4c3)c2)c2ccc3c(-c4cccc(-c5ccc6ccccc6c5)c4)cc(-c4cccc(-c5ccc6ccccc6c5)c4)c4ccc1c2c43. The van der Waals surface area contributed by atoms with Crippen LogP contribution in [0, 0.1) is 0 Å². The van der Waals surface area contributed by atoms with E-state index in [0.29, 0.717) is 0 Å². The second-order valence-electron chi connectivity index (χ2n) is 17.4. The van der Waals surface area contributed by atoms with Gasteiger partial charge in [0, 0.05) is 4.47 Å².